The molecule has 6 heteroatoms. The Morgan fingerprint density at radius 1 is 1.33 bits per heavy atom. The van der Waals surface area contributed by atoms with Gasteiger partial charge in [0.2, 0.25) is 5.91 Å². The minimum absolute atomic E-state index is 0.0291. The Balaban J connectivity index is 2.09. The number of carboxylic acid groups (broad SMARTS) is 1. The Kier molecular flexibility index (Phi) is 5.70. The van der Waals surface area contributed by atoms with Crippen molar-refractivity contribution in [2.24, 2.45) is 11.8 Å². The molecule has 6 nitrogen and oxygen atoms in total. The number of aliphatic carboxylic acids is 1. The summed E-state index contributed by atoms with van der Waals surface area (Å²) in [5.74, 6) is -0.0903. The summed E-state index contributed by atoms with van der Waals surface area (Å²) in [5, 5.41) is 12.0. The predicted octanol–water partition coefficient (Wildman–Crippen LogP) is 2.42. The highest BCUT2D eigenvalue weighted by Gasteiger charge is 2.46. The van der Waals surface area contributed by atoms with E-state index in [1.54, 1.807) is 14.2 Å². The van der Waals surface area contributed by atoms with Gasteiger partial charge < -0.3 is 19.9 Å². The summed E-state index contributed by atoms with van der Waals surface area (Å²) in [6, 6.07) is 4.65. The van der Waals surface area contributed by atoms with Crippen molar-refractivity contribution in [2.75, 3.05) is 14.2 Å². The molecule has 0 aromatic heterocycles. The highest BCUT2D eigenvalue weighted by molar-refractivity contribution is 5.87. The van der Waals surface area contributed by atoms with Crippen LogP contribution in [0, 0.1) is 11.8 Å². The maximum Gasteiger partial charge on any atom is 0.326 e. The van der Waals surface area contributed by atoms with Gasteiger partial charge in [0.05, 0.1) is 14.2 Å². The fourth-order valence-corrected chi connectivity index (χ4v) is 2.90. The van der Waals surface area contributed by atoms with Crippen LogP contribution in [0.25, 0.3) is 0 Å². The van der Waals surface area contributed by atoms with Gasteiger partial charge in [0.15, 0.2) is 0 Å². The smallest absolute Gasteiger partial charge is 0.326 e. The number of carboxylic acids is 1. The predicted molar refractivity (Wildman–Crippen MR) is 89.4 cm³/mol. The summed E-state index contributed by atoms with van der Waals surface area (Å²) >= 11 is 0. The van der Waals surface area contributed by atoms with Gasteiger partial charge in [-0.2, -0.15) is 0 Å². The third-order valence-electron chi connectivity index (χ3n) is 4.74. The van der Waals surface area contributed by atoms with Crippen LogP contribution in [0.2, 0.25) is 0 Å². The van der Waals surface area contributed by atoms with Crippen molar-refractivity contribution in [2.45, 2.75) is 38.6 Å². The number of nitrogens with one attached hydrogen (secondary N) is 1. The maximum absolute atomic E-state index is 12.4. The largest absolute Gasteiger partial charge is 0.497 e. The van der Waals surface area contributed by atoms with Gasteiger partial charge in [-0.25, -0.2) is 4.79 Å². The van der Waals surface area contributed by atoms with E-state index in [2.05, 4.69) is 5.32 Å². The van der Waals surface area contributed by atoms with E-state index in [0.717, 1.165) is 5.56 Å². The Morgan fingerprint density at radius 3 is 2.58 bits per heavy atom. The highest BCUT2D eigenvalue weighted by Crippen LogP contribution is 2.51. The van der Waals surface area contributed by atoms with Gasteiger partial charge in [0, 0.05) is 17.4 Å². The van der Waals surface area contributed by atoms with Crippen LogP contribution >= 0.6 is 0 Å². The second kappa shape index (κ2) is 7.55. The van der Waals surface area contributed by atoms with Crippen molar-refractivity contribution in [3.05, 3.63) is 23.8 Å². The van der Waals surface area contributed by atoms with Gasteiger partial charge in [0.1, 0.15) is 17.5 Å². The first-order chi connectivity index (χ1) is 11.4. The summed E-state index contributed by atoms with van der Waals surface area (Å²) in [7, 11) is 3.18. The molecule has 4 atom stereocenters. The standard InChI is InChI=1S/C18H25NO5/c1-5-10(2)16(18(21)22)19-17(20)14-9-12(14)13-8-11(23-3)6-7-15(13)24-4/h6-8,10,12,14,16H,5,9H2,1-4H3,(H,19,20)(H,21,22). The lowest BCUT2D eigenvalue weighted by Crippen LogP contribution is -2.45. The van der Waals surface area contributed by atoms with Crippen molar-refractivity contribution < 1.29 is 24.2 Å². The average Bonchev–Trinajstić information content (AvgIpc) is 3.38. The van der Waals surface area contributed by atoms with Crippen LogP contribution in [-0.4, -0.2) is 37.2 Å². The number of methoxy groups -OCH3 is 2. The molecule has 24 heavy (non-hydrogen) atoms. The SMILES string of the molecule is CCC(C)C(NC(=O)C1CC1c1cc(OC)ccc1OC)C(=O)O. The molecular weight excluding hydrogens is 310 g/mol. The Hall–Kier alpha value is -2.24. The molecule has 132 valence electrons. The summed E-state index contributed by atoms with van der Waals surface area (Å²) < 4.78 is 10.6. The summed E-state index contributed by atoms with van der Waals surface area (Å²) in [6.07, 6.45) is 1.37. The van der Waals surface area contributed by atoms with Crippen LogP contribution in [0.5, 0.6) is 11.5 Å². The number of rotatable bonds is 8. The van der Waals surface area contributed by atoms with Crippen LogP contribution in [-0.2, 0) is 9.59 Å². The second-order valence-electron chi connectivity index (χ2n) is 6.27. The van der Waals surface area contributed by atoms with E-state index in [1.165, 1.54) is 0 Å². The van der Waals surface area contributed by atoms with Crippen LogP contribution in [0.15, 0.2) is 18.2 Å². The van der Waals surface area contributed by atoms with E-state index in [-0.39, 0.29) is 23.7 Å². The average molecular weight is 335 g/mol. The van der Waals surface area contributed by atoms with Gasteiger partial charge in [-0.15, -0.1) is 0 Å². The molecule has 0 bridgehead atoms. The highest BCUT2D eigenvalue weighted by atomic mass is 16.5. The lowest BCUT2D eigenvalue weighted by atomic mass is 9.99. The topological polar surface area (TPSA) is 84.9 Å². The van der Waals surface area contributed by atoms with Crippen molar-refractivity contribution in [1.82, 2.24) is 5.32 Å². The fourth-order valence-electron chi connectivity index (χ4n) is 2.90. The number of carbonyl (C=O) groups excluding carboxylic acids is 1. The fraction of sp³-hybridized carbons (Fsp3) is 0.556. The van der Waals surface area contributed by atoms with Crippen LogP contribution in [0.3, 0.4) is 0 Å². The lowest BCUT2D eigenvalue weighted by Gasteiger charge is -2.20. The molecule has 2 N–H and O–H groups in total. The van der Waals surface area contributed by atoms with Gasteiger partial charge >= 0.3 is 5.97 Å². The molecular formula is C18H25NO5. The summed E-state index contributed by atoms with van der Waals surface area (Å²) in [5.41, 5.74) is 0.924. The Morgan fingerprint density at radius 2 is 2.04 bits per heavy atom. The number of hydrogen-bond acceptors (Lipinski definition) is 4. The van der Waals surface area contributed by atoms with Crippen molar-refractivity contribution in [3.63, 3.8) is 0 Å². The van der Waals surface area contributed by atoms with Crippen molar-refractivity contribution >= 4 is 11.9 Å². The van der Waals surface area contributed by atoms with E-state index in [0.29, 0.717) is 24.3 Å². The normalized spacial score (nSPS) is 21.5. The molecule has 1 saturated carbocycles. The van der Waals surface area contributed by atoms with Crippen LogP contribution in [0.1, 0.15) is 38.2 Å². The molecule has 0 saturated heterocycles. The first-order valence-electron chi connectivity index (χ1n) is 8.18. The zero-order valence-electron chi connectivity index (χ0n) is 14.5. The molecule has 1 fully saturated rings. The molecule has 0 heterocycles. The Labute approximate surface area is 142 Å². The quantitative estimate of drug-likeness (QED) is 0.762. The zero-order valence-corrected chi connectivity index (χ0v) is 14.5. The molecule has 1 aromatic carbocycles. The van der Waals surface area contributed by atoms with E-state index in [1.807, 2.05) is 32.0 Å². The van der Waals surface area contributed by atoms with Gasteiger partial charge in [-0.3, -0.25) is 4.79 Å². The molecule has 1 aliphatic rings. The molecule has 0 radical (unpaired) electrons. The summed E-state index contributed by atoms with van der Waals surface area (Å²) in [6.45, 7) is 3.74. The molecule has 1 aliphatic carbocycles. The number of ether oxygens (including phenoxy) is 2. The maximum atomic E-state index is 12.4. The number of hydrogen-bond donors (Lipinski definition) is 2. The Bertz CT molecular complexity index is 615. The molecule has 2 rings (SSSR count). The number of amides is 1. The summed E-state index contributed by atoms with van der Waals surface area (Å²) in [4.78, 5) is 23.8. The van der Waals surface area contributed by atoms with E-state index in [9.17, 15) is 14.7 Å². The number of benzene rings is 1. The third kappa shape index (κ3) is 3.80. The third-order valence-corrected chi connectivity index (χ3v) is 4.74. The first-order valence-corrected chi connectivity index (χ1v) is 8.18. The zero-order chi connectivity index (χ0) is 17.9. The van der Waals surface area contributed by atoms with Gasteiger partial charge in [-0.1, -0.05) is 20.3 Å². The first kappa shape index (κ1) is 18.1. The molecule has 0 spiro atoms. The molecule has 1 amide bonds. The monoisotopic (exact) mass is 335 g/mol. The van der Waals surface area contributed by atoms with Gasteiger partial charge in [-0.05, 0) is 30.5 Å². The minimum Gasteiger partial charge on any atom is -0.497 e. The second-order valence-corrected chi connectivity index (χ2v) is 6.27. The lowest BCUT2D eigenvalue weighted by molar-refractivity contribution is -0.143. The van der Waals surface area contributed by atoms with Gasteiger partial charge in [0.25, 0.3) is 0 Å². The van der Waals surface area contributed by atoms with Crippen molar-refractivity contribution in [3.8, 4) is 11.5 Å². The van der Waals surface area contributed by atoms with E-state index in [4.69, 9.17) is 9.47 Å². The minimum atomic E-state index is -0.992. The molecule has 1 aromatic rings. The van der Waals surface area contributed by atoms with E-state index >= 15 is 0 Å². The van der Waals surface area contributed by atoms with Crippen molar-refractivity contribution in [1.29, 1.82) is 0 Å². The van der Waals surface area contributed by atoms with E-state index < -0.39 is 12.0 Å². The molecule has 0 aliphatic heterocycles. The molecule has 4 unspecified atom stereocenters. The van der Waals surface area contributed by atoms with Crippen LogP contribution < -0.4 is 14.8 Å². The van der Waals surface area contributed by atoms with Crippen LogP contribution in [0.4, 0.5) is 0 Å². The number of carbonyl (C=O) groups is 2.